The number of nitrogens with zero attached hydrogens (tertiary/aromatic N) is 4. The number of alkyl halides is 2. The van der Waals surface area contributed by atoms with Gasteiger partial charge in [-0.2, -0.15) is 0 Å². The molecule has 9 heteroatoms. The van der Waals surface area contributed by atoms with Gasteiger partial charge in [-0.05, 0) is 12.8 Å². The van der Waals surface area contributed by atoms with E-state index in [0.29, 0.717) is 0 Å². The highest BCUT2D eigenvalue weighted by atomic mass is 19.3. The molecule has 0 aromatic carbocycles. The second-order valence-electron chi connectivity index (χ2n) is 6.57. The molecule has 2 amide bonds. The molecule has 0 radical (unpaired) electrons. The van der Waals surface area contributed by atoms with Crippen molar-refractivity contribution in [3.05, 3.63) is 11.9 Å². The molecule has 2 heterocycles. The van der Waals surface area contributed by atoms with Crippen molar-refractivity contribution >= 4 is 11.8 Å². The highest BCUT2D eigenvalue weighted by Gasteiger charge is 2.48. The first-order valence-electron chi connectivity index (χ1n) is 8.20. The normalized spacial score (nSPS) is 23.6. The molecule has 0 bridgehead atoms. The van der Waals surface area contributed by atoms with E-state index in [2.05, 4.69) is 15.6 Å². The number of amides is 2. The van der Waals surface area contributed by atoms with Crippen LogP contribution in [0.4, 0.5) is 8.78 Å². The molecule has 24 heavy (non-hydrogen) atoms. The molecule has 0 unspecified atom stereocenters. The number of nitrogens with one attached hydrogen (secondary N) is 1. The fraction of sp³-hybridized carbons (Fsp3) is 0.733. The van der Waals surface area contributed by atoms with Crippen LogP contribution in [0.2, 0.25) is 0 Å². The van der Waals surface area contributed by atoms with Gasteiger partial charge in [0.25, 0.3) is 11.8 Å². The lowest BCUT2D eigenvalue weighted by Crippen LogP contribution is -2.41. The Morgan fingerprint density at radius 2 is 2.08 bits per heavy atom. The van der Waals surface area contributed by atoms with E-state index >= 15 is 0 Å². The van der Waals surface area contributed by atoms with Gasteiger partial charge in [0.2, 0.25) is 5.91 Å². The van der Waals surface area contributed by atoms with E-state index in [1.807, 2.05) is 0 Å². The van der Waals surface area contributed by atoms with E-state index in [1.165, 1.54) is 22.8 Å². The second kappa shape index (κ2) is 6.45. The fourth-order valence-corrected chi connectivity index (χ4v) is 3.56. The van der Waals surface area contributed by atoms with Crippen molar-refractivity contribution in [1.82, 2.24) is 25.2 Å². The molecule has 0 spiro atoms. The van der Waals surface area contributed by atoms with Crippen LogP contribution in [-0.4, -0.2) is 57.3 Å². The third-order valence-electron chi connectivity index (χ3n) is 4.76. The minimum absolute atomic E-state index is 0.109. The molecule has 3 rings (SSSR count). The zero-order chi connectivity index (χ0) is 17.3. The first-order valence-corrected chi connectivity index (χ1v) is 8.20. The average Bonchev–Trinajstić information content (AvgIpc) is 3.26. The molecule has 1 aliphatic heterocycles. The number of aromatic nitrogens is 3. The fourth-order valence-electron chi connectivity index (χ4n) is 3.56. The Morgan fingerprint density at radius 1 is 1.38 bits per heavy atom. The van der Waals surface area contributed by atoms with Crippen LogP contribution in [0, 0.1) is 5.92 Å². The lowest BCUT2D eigenvalue weighted by atomic mass is 10.1. The molecule has 1 saturated carbocycles. The zero-order valence-corrected chi connectivity index (χ0v) is 13.5. The van der Waals surface area contributed by atoms with Gasteiger partial charge in [-0.3, -0.25) is 9.59 Å². The van der Waals surface area contributed by atoms with Crippen LogP contribution in [0.3, 0.4) is 0 Å². The van der Waals surface area contributed by atoms with Crippen molar-refractivity contribution < 1.29 is 18.4 Å². The summed E-state index contributed by atoms with van der Waals surface area (Å²) in [5, 5.41) is 9.96. The van der Waals surface area contributed by atoms with Crippen LogP contribution in [0.1, 0.15) is 42.6 Å². The summed E-state index contributed by atoms with van der Waals surface area (Å²) >= 11 is 0. The van der Waals surface area contributed by atoms with Gasteiger partial charge < -0.3 is 10.2 Å². The van der Waals surface area contributed by atoms with Gasteiger partial charge in [0.1, 0.15) is 0 Å². The number of likely N-dealkylation sites (tertiary alicyclic amines) is 1. The molecule has 1 atom stereocenters. The Balaban J connectivity index is 1.73. The van der Waals surface area contributed by atoms with Crippen molar-refractivity contribution in [3.8, 4) is 0 Å². The van der Waals surface area contributed by atoms with Crippen molar-refractivity contribution in [2.24, 2.45) is 5.92 Å². The van der Waals surface area contributed by atoms with Crippen LogP contribution < -0.4 is 5.32 Å². The zero-order valence-electron chi connectivity index (χ0n) is 13.5. The van der Waals surface area contributed by atoms with E-state index in [4.69, 9.17) is 0 Å². The minimum atomic E-state index is -2.89. The van der Waals surface area contributed by atoms with Gasteiger partial charge >= 0.3 is 0 Å². The molecule has 7 nitrogen and oxygen atoms in total. The first-order chi connectivity index (χ1) is 11.4. The Bertz CT molecular complexity index is 627. The third-order valence-corrected chi connectivity index (χ3v) is 4.76. The molecular weight excluding hydrogens is 320 g/mol. The quantitative estimate of drug-likeness (QED) is 0.888. The average molecular weight is 341 g/mol. The molecule has 2 fully saturated rings. The monoisotopic (exact) mass is 341 g/mol. The third kappa shape index (κ3) is 3.39. The van der Waals surface area contributed by atoms with Gasteiger partial charge in [-0.15, -0.1) is 5.10 Å². The van der Waals surface area contributed by atoms with E-state index in [1.54, 1.807) is 0 Å². The summed E-state index contributed by atoms with van der Waals surface area (Å²) in [4.78, 5) is 25.4. The first kappa shape index (κ1) is 16.8. The summed E-state index contributed by atoms with van der Waals surface area (Å²) in [6.45, 7) is -0.429. The van der Waals surface area contributed by atoms with Crippen molar-refractivity contribution in [2.45, 2.75) is 50.6 Å². The highest BCUT2D eigenvalue weighted by Crippen LogP contribution is 2.36. The summed E-state index contributed by atoms with van der Waals surface area (Å²) in [6.07, 6.45) is 4.53. The maximum atomic E-state index is 13.9. The van der Waals surface area contributed by atoms with Crippen molar-refractivity contribution in [1.29, 1.82) is 0 Å². The maximum absolute atomic E-state index is 13.9. The SMILES string of the molecule is CNC(=O)c1cn(C[C@@H]2CC(F)(F)CN2C(=O)C2CCCC2)nn1. The standard InChI is InChI=1S/C15H21F2N5O2/c1-18-13(23)12-8-21(20-19-12)7-11-6-15(16,17)9-22(11)14(24)10-4-2-3-5-10/h8,10-11H,2-7,9H2,1H3,(H,18,23)/t11-/m0/s1. The predicted molar refractivity (Wildman–Crippen MR) is 80.4 cm³/mol. The smallest absolute Gasteiger partial charge is 0.273 e. The van der Waals surface area contributed by atoms with Crippen molar-refractivity contribution in [2.75, 3.05) is 13.6 Å². The topological polar surface area (TPSA) is 80.1 Å². The van der Waals surface area contributed by atoms with Crippen molar-refractivity contribution in [3.63, 3.8) is 0 Å². The summed E-state index contributed by atoms with van der Waals surface area (Å²) in [5.74, 6) is -3.60. The minimum Gasteiger partial charge on any atom is -0.354 e. The van der Waals surface area contributed by atoms with Crippen LogP contribution >= 0.6 is 0 Å². The lowest BCUT2D eigenvalue weighted by molar-refractivity contribution is -0.137. The molecular formula is C15H21F2N5O2. The number of halogens is 2. The summed E-state index contributed by atoms with van der Waals surface area (Å²) in [6, 6.07) is -0.632. The maximum Gasteiger partial charge on any atom is 0.273 e. The van der Waals surface area contributed by atoms with E-state index in [-0.39, 0.29) is 30.5 Å². The Labute approximate surface area is 138 Å². The van der Waals surface area contributed by atoms with E-state index < -0.39 is 24.4 Å². The highest BCUT2D eigenvalue weighted by molar-refractivity contribution is 5.91. The second-order valence-corrected chi connectivity index (χ2v) is 6.57. The molecule has 1 aromatic rings. The molecule has 1 saturated heterocycles. The summed E-state index contributed by atoms with van der Waals surface area (Å²) < 4.78 is 29.1. The summed E-state index contributed by atoms with van der Waals surface area (Å²) in [5.41, 5.74) is 0.121. The number of hydrogen-bond donors (Lipinski definition) is 1. The predicted octanol–water partition coefficient (Wildman–Crippen LogP) is 1.06. The van der Waals surface area contributed by atoms with Crippen LogP contribution in [0.25, 0.3) is 0 Å². The van der Waals surface area contributed by atoms with Crippen LogP contribution in [-0.2, 0) is 11.3 Å². The molecule has 1 aliphatic carbocycles. The molecule has 132 valence electrons. The number of carbonyl (C=O) groups excluding carboxylic acids is 2. The Hall–Kier alpha value is -2.06. The molecule has 1 aromatic heterocycles. The van der Waals surface area contributed by atoms with Gasteiger partial charge in [-0.1, -0.05) is 18.1 Å². The number of hydrogen-bond acceptors (Lipinski definition) is 4. The van der Waals surface area contributed by atoms with Crippen LogP contribution in [0.5, 0.6) is 0 Å². The summed E-state index contributed by atoms with van der Waals surface area (Å²) in [7, 11) is 1.47. The lowest BCUT2D eigenvalue weighted by Gasteiger charge is -2.26. The molecule has 2 aliphatic rings. The van der Waals surface area contributed by atoms with Gasteiger partial charge in [0, 0.05) is 19.4 Å². The largest absolute Gasteiger partial charge is 0.354 e. The Morgan fingerprint density at radius 3 is 2.75 bits per heavy atom. The number of rotatable bonds is 4. The van der Waals surface area contributed by atoms with Crippen LogP contribution in [0.15, 0.2) is 6.20 Å². The van der Waals surface area contributed by atoms with E-state index in [9.17, 15) is 18.4 Å². The molecule has 1 N–H and O–H groups in total. The van der Waals surface area contributed by atoms with Gasteiger partial charge in [-0.25, -0.2) is 13.5 Å². The van der Waals surface area contributed by atoms with E-state index in [0.717, 1.165) is 25.7 Å². The van der Waals surface area contributed by atoms with Gasteiger partial charge in [0.15, 0.2) is 5.69 Å². The number of carbonyl (C=O) groups is 2. The Kier molecular flexibility index (Phi) is 4.51. The van der Waals surface area contributed by atoms with Gasteiger partial charge in [0.05, 0.1) is 25.3 Å².